The molecule has 0 aliphatic heterocycles. The van der Waals surface area contributed by atoms with Gasteiger partial charge in [-0.1, -0.05) is 188 Å². The summed E-state index contributed by atoms with van der Waals surface area (Å²) in [5.41, 5.74) is 16.2. The Labute approximate surface area is 404 Å². The number of rotatable bonds is 8. The fourth-order valence-corrected chi connectivity index (χ4v) is 11.2. The number of hydrogen-bond donors (Lipinski definition) is 0. The number of nitrogens with zero attached hydrogens (tertiary/aromatic N) is 2. The first-order valence-electron chi connectivity index (χ1n) is 24.0. The molecule has 0 saturated heterocycles. The van der Waals surface area contributed by atoms with Gasteiger partial charge in [0.25, 0.3) is 0 Å². The van der Waals surface area contributed by atoms with Crippen LogP contribution in [-0.4, -0.2) is 0 Å². The van der Waals surface area contributed by atoms with Crippen molar-refractivity contribution in [3.8, 4) is 22.3 Å². The molecule has 0 aliphatic carbocycles. The maximum Gasteiger partial charge on any atom is 0.159 e. The van der Waals surface area contributed by atoms with Crippen molar-refractivity contribution in [2.45, 2.75) is 13.8 Å². The van der Waals surface area contributed by atoms with Gasteiger partial charge in [-0.05, 0) is 94.7 Å². The van der Waals surface area contributed by atoms with Gasteiger partial charge in [-0.25, -0.2) is 0 Å². The minimum Gasteiger partial charge on any atom is -0.454 e. The number of benzene rings is 12. The molecule has 14 aromatic rings. The zero-order valence-corrected chi connectivity index (χ0v) is 38.7. The van der Waals surface area contributed by atoms with Gasteiger partial charge in [0, 0.05) is 48.8 Å². The second-order valence-corrected chi connectivity index (χ2v) is 18.5. The molecule has 330 valence electrons. The molecule has 4 heteroatoms. The van der Waals surface area contributed by atoms with Crippen LogP contribution in [0.2, 0.25) is 0 Å². The number of para-hydroxylation sites is 5. The van der Waals surface area contributed by atoms with Gasteiger partial charge < -0.3 is 18.6 Å². The maximum absolute atomic E-state index is 7.02. The lowest BCUT2D eigenvalue weighted by Gasteiger charge is -2.34. The molecular formula is C66H44N2O2. The van der Waals surface area contributed by atoms with Crippen molar-refractivity contribution >= 4 is 110 Å². The Balaban J connectivity index is 1.18. The van der Waals surface area contributed by atoms with E-state index in [1.54, 1.807) is 0 Å². The highest BCUT2D eigenvalue weighted by Crippen LogP contribution is 2.55. The first-order valence-corrected chi connectivity index (χ1v) is 24.0. The van der Waals surface area contributed by atoms with Crippen molar-refractivity contribution in [1.82, 2.24) is 0 Å². The van der Waals surface area contributed by atoms with E-state index >= 15 is 0 Å². The summed E-state index contributed by atoms with van der Waals surface area (Å²) in [6.45, 7) is 4.38. The van der Waals surface area contributed by atoms with Crippen LogP contribution in [0.15, 0.2) is 239 Å². The molecule has 70 heavy (non-hydrogen) atoms. The molecule has 0 fully saturated rings. The molecule has 0 aliphatic rings. The molecule has 0 radical (unpaired) electrons. The molecule has 0 unspecified atom stereocenters. The molecule has 0 spiro atoms. The zero-order chi connectivity index (χ0) is 46.5. The highest BCUT2D eigenvalue weighted by Gasteiger charge is 2.30. The lowest BCUT2D eigenvalue weighted by molar-refractivity contribution is 0.669. The SMILES string of the molecule is Cc1ccc(-c2ccccc2)c(N(c2cc(N(c3ccccc3-c3ccccc3)c3cccc4c3oc3ccccc34)c3ccc4cc(C)cc5ccc2c3c45)c2cccc3c2oc2ccccc23)c1. The number of fused-ring (bicyclic) bond motifs is 6. The first kappa shape index (κ1) is 40.0. The van der Waals surface area contributed by atoms with Gasteiger partial charge in [0.15, 0.2) is 11.2 Å². The Kier molecular flexibility index (Phi) is 8.99. The molecule has 2 aromatic heterocycles. The highest BCUT2D eigenvalue weighted by molar-refractivity contribution is 6.30. The van der Waals surface area contributed by atoms with Crippen LogP contribution in [0.4, 0.5) is 34.1 Å². The molecule has 14 rings (SSSR count). The smallest absolute Gasteiger partial charge is 0.159 e. The lowest BCUT2D eigenvalue weighted by Crippen LogP contribution is -2.16. The van der Waals surface area contributed by atoms with E-state index in [0.29, 0.717) is 0 Å². The van der Waals surface area contributed by atoms with E-state index in [0.717, 1.165) is 117 Å². The zero-order valence-electron chi connectivity index (χ0n) is 38.7. The Hall–Kier alpha value is -9.12. The van der Waals surface area contributed by atoms with E-state index < -0.39 is 0 Å². The molecule has 0 amide bonds. The Bertz CT molecular complexity index is 4320. The number of anilines is 6. The van der Waals surface area contributed by atoms with Gasteiger partial charge in [-0.3, -0.25) is 0 Å². The van der Waals surface area contributed by atoms with Crippen molar-refractivity contribution in [2.75, 3.05) is 9.80 Å². The van der Waals surface area contributed by atoms with Crippen LogP contribution in [0.25, 0.3) is 98.4 Å². The normalized spacial score (nSPS) is 11.9. The van der Waals surface area contributed by atoms with Crippen molar-refractivity contribution in [3.05, 3.63) is 242 Å². The van der Waals surface area contributed by atoms with Gasteiger partial charge in [0.2, 0.25) is 0 Å². The van der Waals surface area contributed by atoms with Gasteiger partial charge in [-0.2, -0.15) is 0 Å². The molecule has 0 bridgehead atoms. The predicted molar refractivity (Wildman–Crippen MR) is 294 cm³/mol. The summed E-state index contributed by atoms with van der Waals surface area (Å²) >= 11 is 0. The molecule has 4 nitrogen and oxygen atoms in total. The largest absolute Gasteiger partial charge is 0.454 e. The van der Waals surface area contributed by atoms with Crippen molar-refractivity contribution in [2.24, 2.45) is 0 Å². The Morgan fingerprint density at radius 1 is 0.286 bits per heavy atom. The molecule has 0 saturated carbocycles. The quantitative estimate of drug-likeness (QED) is 0.142. The van der Waals surface area contributed by atoms with E-state index in [4.69, 9.17) is 8.83 Å². The number of hydrogen-bond acceptors (Lipinski definition) is 4. The minimum atomic E-state index is 0.823. The predicted octanol–water partition coefficient (Wildman–Crippen LogP) is 19.3. The van der Waals surface area contributed by atoms with E-state index in [1.807, 2.05) is 6.07 Å². The van der Waals surface area contributed by atoms with Gasteiger partial charge >= 0.3 is 0 Å². The summed E-state index contributed by atoms with van der Waals surface area (Å²) in [5, 5.41) is 11.4. The third-order valence-electron chi connectivity index (χ3n) is 14.3. The molecule has 0 atom stereocenters. The summed E-state index contributed by atoms with van der Waals surface area (Å²) in [4.78, 5) is 4.94. The van der Waals surface area contributed by atoms with Crippen molar-refractivity contribution < 1.29 is 8.83 Å². The van der Waals surface area contributed by atoms with E-state index in [1.165, 1.54) is 27.1 Å². The summed E-state index contributed by atoms with van der Waals surface area (Å²) in [7, 11) is 0. The molecule has 12 aromatic carbocycles. The van der Waals surface area contributed by atoms with Crippen molar-refractivity contribution in [3.63, 3.8) is 0 Å². The van der Waals surface area contributed by atoms with Crippen LogP contribution in [0.3, 0.4) is 0 Å². The highest BCUT2D eigenvalue weighted by atomic mass is 16.3. The second kappa shape index (κ2) is 15.7. The Morgan fingerprint density at radius 3 is 1.34 bits per heavy atom. The van der Waals surface area contributed by atoms with Gasteiger partial charge in [0.05, 0.1) is 34.1 Å². The summed E-state index contributed by atoms with van der Waals surface area (Å²) in [5.74, 6) is 0. The van der Waals surface area contributed by atoms with Gasteiger partial charge in [0.1, 0.15) is 11.2 Å². The van der Waals surface area contributed by atoms with Crippen LogP contribution >= 0.6 is 0 Å². The summed E-state index contributed by atoms with van der Waals surface area (Å²) in [6, 6.07) is 83.4. The second-order valence-electron chi connectivity index (χ2n) is 18.5. The van der Waals surface area contributed by atoms with Crippen LogP contribution in [-0.2, 0) is 0 Å². The summed E-state index contributed by atoms with van der Waals surface area (Å²) < 4.78 is 14.0. The monoisotopic (exact) mass is 896 g/mol. The minimum absolute atomic E-state index is 0.823. The standard InChI is InChI=1S/C66H44N2O2/c1-41-31-34-48(44-19-7-4-8-20-44)58(39-41)68(57-28-16-25-52-50-23-11-14-30-62(50)70-66(52)57)60-40-59(53-35-32-45-37-42(2)38-46-33-36-54(60)64(53)63(45)46)67(55-26-12-9-21-47(55)43-17-5-3-6-18-43)56-27-15-24-51-49-22-10-13-29-61(49)69-65(51)56/h3-40H,1-2H3. The van der Waals surface area contributed by atoms with Crippen molar-refractivity contribution in [1.29, 1.82) is 0 Å². The first-order chi connectivity index (χ1) is 34.6. The lowest BCUT2D eigenvalue weighted by atomic mass is 9.90. The Morgan fingerprint density at radius 2 is 0.757 bits per heavy atom. The van der Waals surface area contributed by atoms with Crippen LogP contribution in [0.1, 0.15) is 11.1 Å². The van der Waals surface area contributed by atoms with E-state index in [2.05, 4.69) is 248 Å². The average Bonchev–Trinajstić information content (AvgIpc) is 3.99. The molecular weight excluding hydrogens is 853 g/mol. The summed E-state index contributed by atoms with van der Waals surface area (Å²) in [6.07, 6.45) is 0. The third kappa shape index (κ3) is 6.16. The number of aryl methyl sites for hydroxylation is 2. The molecule has 2 heterocycles. The van der Waals surface area contributed by atoms with Gasteiger partial charge in [-0.15, -0.1) is 0 Å². The average molecular weight is 897 g/mol. The fourth-order valence-electron chi connectivity index (χ4n) is 11.2. The topological polar surface area (TPSA) is 32.8 Å². The number of furan rings is 2. The third-order valence-corrected chi connectivity index (χ3v) is 14.3. The fraction of sp³-hybridized carbons (Fsp3) is 0.0303. The van der Waals surface area contributed by atoms with E-state index in [-0.39, 0.29) is 0 Å². The maximum atomic E-state index is 7.02. The van der Waals surface area contributed by atoms with Crippen LogP contribution < -0.4 is 9.80 Å². The van der Waals surface area contributed by atoms with Crippen LogP contribution in [0.5, 0.6) is 0 Å². The van der Waals surface area contributed by atoms with E-state index in [9.17, 15) is 0 Å². The van der Waals surface area contributed by atoms with Crippen LogP contribution in [0, 0.1) is 13.8 Å². The molecule has 0 N–H and O–H groups in total.